The first kappa shape index (κ1) is 22.2. The molecule has 1 N–H and O–H groups in total. The minimum atomic E-state index is -0.601. The zero-order chi connectivity index (χ0) is 23.7. The Kier molecular flexibility index (Phi) is 6.08. The van der Waals surface area contributed by atoms with Crippen molar-refractivity contribution >= 4 is 28.8 Å². The van der Waals surface area contributed by atoms with Gasteiger partial charge in [0.25, 0.3) is 5.91 Å². The van der Waals surface area contributed by atoms with Gasteiger partial charge in [0.05, 0.1) is 5.56 Å². The summed E-state index contributed by atoms with van der Waals surface area (Å²) in [7, 11) is 0. The molecule has 0 fully saturated rings. The van der Waals surface area contributed by atoms with Gasteiger partial charge in [-0.05, 0) is 29.3 Å². The minimum absolute atomic E-state index is 0.0147. The van der Waals surface area contributed by atoms with E-state index in [-0.39, 0.29) is 17.8 Å². The zero-order valence-corrected chi connectivity index (χ0v) is 19.6. The van der Waals surface area contributed by atoms with Crippen molar-refractivity contribution < 1.29 is 14.6 Å². The number of benzene rings is 2. The van der Waals surface area contributed by atoms with Crippen molar-refractivity contribution in [2.45, 2.75) is 19.7 Å². The maximum atomic E-state index is 13.2. The number of nitrogens with zero attached hydrogens (tertiary/aromatic N) is 3. The number of carbonyl (C=O) groups excluding carboxylic acids is 1. The third-order valence-corrected chi connectivity index (χ3v) is 6.60. The van der Waals surface area contributed by atoms with E-state index >= 15 is 0 Å². The SMILES string of the molecule is O=C1c2c(O)c(=O)c(-c3nccs3)cn2CCN1Cc1cc(Cl)cc(OCc2ccccc2)c1. The normalized spacial score (nSPS) is 13.1. The molecule has 1 amide bonds. The van der Waals surface area contributed by atoms with Crippen LogP contribution in [0.2, 0.25) is 5.02 Å². The van der Waals surface area contributed by atoms with Crippen LogP contribution in [0.4, 0.5) is 0 Å². The van der Waals surface area contributed by atoms with E-state index in [4.69, 9.17) is 16.3 Å². The summed E-state index contributed by atoms with van der Waals surface area (Å²) < 4.78 is 7.51. The van der Waals surface area contributed by atoms with E-state index < -0.39 is 17.1 Å². The molecule has 0 saturated heterocycles. The summed E-state index contributed by atoms with van der Waals surface area (Å²) in [5.41, 5.74) is 1.49. The van der Waals surface area contributed by atoms with Gasteiger partial charge in [-0.25, -0.2) is 4.98 Å². The fraction of sp³-hybridized carbons (Fsp3) is 0.160. The number of halogens is 1. The Bertz CT molecular complexity index is 1400. The van der Waals surface area contributed by atoms with Gasteiger partial charge in [0.15, 0.2) is 11.4 Å². The minimum Gasteiger partial charge on any atom is -0.503 e. The summed E-state index contributed by atoms with van der Waals surface area (Å²) >= 11 is 7.61. The lowest BCUT2D eigenvalue weighted by atomic mass is 10.1. The van der Waals surface area contributed by atoms with Crippen LogP contribution in [0.1, 0.15) is 21.6 Å². The Morgan fingerprint density at radius 2 is 1.91 bits per heavy atom. The van der Waals surface area contributed by atoms with Crippen molar-refractivity contribution in [1.82, 2.24) is 14.5 Å². The number of pyridine rings is 1. The summed E-state index contributed by atoms with van der Waals surface area (Å²) in [5, 5.41) is 13.4. The van der Waals surface area contributed by atoms with Crippen molar-refractivity contribution in [1.29, 1.82) is 0 Å². The van der Waals surface area contributed by atoms with E-state index in [9.17, 15) is 14.7 Å². The number of fused-ring (bicyclic) bond motifs is 1. The standard InChI is InChI=1S/C25H20ClN3O4S/c26-18-10-17(11-19(12-18)33-15-16-4-2-1-3-5-16)13-29-8-7-28-14-20(24-27-6-9-34-24)22(30)23(31)21(28)25(29)32/h1-6,9-12,14,31H,7-8,13,15H2. The molecule has 0 spiro atoms. The molecular formula is C25H20ClN3O4S. The molecule has 7 nitrogen and oxygen atoms in total. The van der Waals surface area contributed by atoms with Crippen LogP contribution >= 0.6 is 22.9 Å². The van der Waals surface area contributed by atoms with E-state index in [1.54, 1.807) is 39.4 Å². The van der Waals surface area contributed by atoms with Gasteiger partial charge in [0.1, 0.15) is 17.4 Å². The number of hydrogen-bond acceptors (Lipinski definition) is 6. The molecular weight excluding hydrogens is 474 g/mol. The first-order chi connectivity index (χ1) is 16.5. The predicted molar refractivity (Wildman–Crippen MR) is 130 cm³/mol. The lowest BCUT2D eigenvalue weighted by Gasteiger charge is -2.30. The van der Waals surface area contributed by atoms with Gasteiger partial charge in [0.2, 0.25) is 5.43 Å². The molecule has 2 aromatic heterocycles. The molecule has 5 rings (SSSR count). The number of aromatic nitrogens is 2. The van der Waals surface area contributed by atoms with Gasteiger partial charge in [-0.15, -0.1) is 11.3 Å². The van der Waals surface area contributed by atoms with Crippen molar-refractivity contribution in [2.75, 3.05) is 6.54 Å². The van der Waals surface area contributed by atoms with Gasteiger partial charge in [-0.2, -0.15) is 0 Å². The van der Waals surface area contributed by atoms with Crippen LogP contribution in [0, 0.1) is 0 Å². The lowest BCUT2D eigenvalue weighted by Crippen LogP contribution is -2.41. The van der Waals surface area contributed by atoms with E-state index in [0.29, 0.717) is 35.5 Å². The predicted octanol–water partition coefficient (Wildman–Crippen LogP) is 4.57. The summed E-state index contributed by atoms with van der Waals surface area (Å²) in [4.78, 5) is 31.7. The van der Waals surface area contributed by atoms with Crippen LogP contribution in [0.25, 0.3) is 10.6 Å². The van der Waals surface area contributed by atoms with Crippen molar-refractivity contribution in [3.8, 4) is 22.1 Å². The zero-order valence-electron chi connectivity index (χ0n) is 18.0. The second kappa shape index (κ2) is 9.32. The molecule has 0 saturated carbocycles. The van der Waals surface area contributed by atoms with E-state index in [1.807, 2.05) is 36.4 Å². The first-order valence-electron chi connectivity index (χ1n) is 10.6. The van der Waals surface area contributed by atoms with E-state index in [0.717, 1.165) is 11.1 Å². The molecule has 0 bridgehead atoms. The third-order valence-electron chi connectivity index (χ3n) is 5.57. The molecule has 0 atom stereocenters. The number of hydrogen-bond donors (Lipinski definition) is 1. The lowest BCUT2D eigenvalue weighted by molar-refractivity contribution is 0.0683. The molecule has 9 heteroatoms. The van der Waals surface area contributed by atoms with Gasteiger partial charge in [-0.1, -0.05) is 41.9 Å². The Morgan fingerprint density at radius 3 is 2.68 bits per heavy atom. The first-order valence-corrected chi connectivity index (χ1v) is 11.9. The van der Waals surface area contributed by atoms with Crippen LogP contribution < -0.4 is 10.2 Å². The molecule has 0 unspecified atom stereocenters. The Morgan fingerprint density at radius 1 is 1.09 bits per heavy atom. The summed E-state index contributed by atoms with van der Waals surface area (Å²) in [6.07, 6.45) is 3.19. The van der Waals surface area contributed by atoms with Gasteiger partial charge in [0, 0.05) is 42.4 Å². The maximum absolute atomic E-state index is 13.2. The highest BCUT2D eigenvalue weighted by Crippen LogP contribution is 2.28. The van der Waals surface area contributed by atoms with Gasteiger partial charge < -0.3 is 19.3 Å². The number of ether oxygens (including phenoxy) is 1. The topological polar surface area (TPSA) is 84.7 Å². The second-order valence-electron chi connectivity index (χ2n) is 7.90. The molecule has 0 aliphatic carbocycles. The summed E-state index contributed by atoms with van der Waals surface area (Å²) in [6.45, 7) is 1.52. The largest absolute Gasteiger partial charge is 0.503 e. The number of amides is 1. The average molecular weight is 494 g/mol. The summed E-state index contributed by atoms with van der Waals surface area (Å²) in [5.74, 6) is -0.373. The molecule has 172 valence electrons. The van der Waals surface area contributed by atoms with Crippen molar-refractivity contribution in [2.24, 2.45) is 0 Å². The highest BCUT2D eigenvalue weighted by atomic mass is 35.5. The van der Waals surface area contributed by atoms with Crippen molar-refractivity contribution in [3.05, 3.63) is 98.4 Å². The maximum Gasteiger partial charge on any atom is 0.274 e. The van der Waals surface area contributed by atoms with Crippen molar-refractivity contribution in [3.63, 3.8) is 0 Å². The Labute approximate surface area is 204 Å². The van der Waals surface area contributed by atoms with Crippen LogP contribution in [0.15, 0.2) is 71.1 Å². The van der Waals surface area contributed by atoms with E-state index in [1.165, 1.54) is 11.3 Å². The summed E-state index contributed by atoms with van der Waals surface area (Å²) in [6, 6.07) is 15.1. The fourth-order valence-corrected chi connectivity index (χ4v) is 4.84. The monoisotopic (exact) mass is 493 g/mol. The van der Waals surface area contributed by atoms with Crippen LogP contribution in [0.3, 0.4) is 0 Å². The highest BCUT2D eigenvalue weighted by Gasteiger charge is 2.30. The second-order valence-corrected chi connectivity index (χ2v) is 9.23. The average Bonchev–Trinajstić information content (AvgIpc) is 3.37. The molecule has 1 aliphatic heterocycles. The third kappa shape index (κ3) is 4.42. The van der Waals surface area contributed by atoms with E-state index in [2.05, 4.69) is 4.98 Å². The van der Waals surface area contributed by atoms with Crippen LogP contribution in [-0.4, -0.2) is 32.0 Å². The number of carbonyl (C=O) groups is 1. The molecule has 1 aliphatic rings. The number of aromatic hydroxyl groups is 1. The highest BCUT2D eigenvalue weighted by molar-refractivity contribution is 7.13. The fourth-order valence-electron chi connectivity index (χ4n) is 3.95. The smallest absolute Gasteiger partial charge is 0.274 e. The van der Waals surface area contributed by atoms with Gasteiger partial charge >= 0.3 is 0 Å². The number of thiazole rings is 1. The molecule has 4 aromatic rings. The van der Waals surface area contributed by atoms with Gasteiger partial charge in [-0.3, -0.25) is 9.59 Å². The molecule has 3 heterocycles. The Balaban J connectivity index is 1.37. The molecule has 2 aromatic carbocycles. The molecule has 34 heavy (non-hydrogen) atoms. The molecule has 0 radical (unpaired) electrons. The number of rotatable bonds is 6. The van der Waals surface area contributed by atoms with Crippen LogP contribution in [-0.2, 0) is 19.7 Å². The Hall–Kier alpha value is -3.62. The van der Waals surface area contributed by atoms with Crippen LogP contribution in [0.5, 0.6) is 11.5 Å². The quantitative estimate of drug-likeness (QED) is 0.425.